The third-order valence-corrected chi connectivity index (χ3v) is 2.75. The second kappa shape index (κ2) is 5.77. The van der Waals surface area contributed by atoms with Crippen molar-refractivity contribution in [3.05, 3.63) is 34.1 Å². The van der Waals surface area contributed by atoms with E-state index in [2.05, 4.69) is 20.9 Å². The van der Waals surface area contributed by atoms with E-state index in [1.165, 1.54) is 13.1 Å². The molecule has 0 fully saturated rings. The van der Waals surface area contributed by atoms with Crippen LogP contribution in [0.1, 0.15) is 18.5 Å². The van der Waals surface area contributed by atoms with Crippen LogP contribution in [0.15, 0.2) is 27.7 Å². The number of rotatable bonds is 3. The molecule has 92 valence electrons. The van der Waals surface area contributed by atoms with Crippen LogP contribution in [-0.4, -0.2) is 24.3 Å². The molecule has 0 aliphatic carbocycles. The molecule has 1 atom stereocenters. The minimum atomic E-state index is -0.463. The first-order valence-corrected chi connectivity index (χ1v) is 5.71. The van der Waals surface area contributed by atoms with Crippen LogP contribution in [0, 0.1) is 5.82 Å². The number of carbonyl (C=O) groups is 1. The first-order chi connectivity index (χ1) is 7.95. The molecule has 1 aromatic rings. The summed E-state index contributed by atoms with van der Waals surface area (Å²) in [6, 6.07) is 4.13. The zero-order valence-electron chi connectivity index (χ0n) is 9.52. The van der Waals surface area contributed by atoms with E-state index in [0.717, 1.165) is 9.37 Å². The summed E-state index contributed by atoms with van der Waals surface area (Å²) in [6.45, 7) is 1.70. The van der Waals surface area contributed by atoms with Gasteiger partial charge < -0.3 is 5.73 Å². The summed E-state index contributed by atoms with van der Waals surface area (Å²) in [4.78, 5) is 15.6. The van der Waals surface area contributed by atoms with Crippen LogP contribution in [-0.2, 0) is 4.79 Å². The second-order valence-corrected chi connectivity index (χ2v) is 4.46. The molecule has 0 spiro atoms. The lowest BCUT2D eigenvalue weighted by atomic mass is 10.1. The minimum absolute atomic E-state index is 0.0480. The van der Waals surface area contributed by atoms with Gasteiger partial charge >= 0.3 is 0 Å². The van der Waals surface area contributed by atoms with Gasteiger partial charge in [-0.25, -0.2) is 9.38 Å². The Morgan fingerprint density at radius 1 is 1.65 bits per heavy atom. The Balaban J connectivity index is 3.00. The molecule has 17 heavy (non-hydrogen) atoms. The van der Waals surface area contributed by atoms with E-state index in [0.29, 0.717) is 12.0 Å². The molecule has 6 heteroatoms. The van der Waals surface area contributed by atoms with E-state index in [1.807, 2.05) is 0 Å². The maximum Gasteiger partial charge on any atom is 0.216 e. The van der Waals surface area contributed by atoms with Gasteiger partial charge in [-0.3, -0.25) is 9.69 Å². The molecule has 4 nitrogen and oxygen atoms in total. The zero-order valence-corrected chi connectivity index (χ0v) is 11.1. The van der Waals surface area contributed by atoms with Gasteiger partial charge in [-0.2, -0.15) is 0 Å². The van der Waals surface area contributed by atoms with Crippen molar-refractivity contribution in [2.75, 3.05) is 7.05 Å². The van der Waals surface area contributed by atoms with Gasteiger partial charge in [0.2, 0.25) is 6.41 Å². The molecule has 0 saturated heterocycles. The normalized spacial score (nSPS) is 13.3. The van der Waals surface area contributed by atoms with Crippen molar-refractivity contribution in [2.45, 2.75) is 13.0 Å². The predicted molar refractivity (Wildman–Crippen MR) is 68.0 cm³/mol. The highest BCUT2D eigenvalue weighted by Gasteiger charge is 2.11. The Bertz CT molecular complexity index is 450. The molecule has 0 saturated carbocycles. The van der Waals surface area contributed by atoms with Gasteiger partial charge in [-0.05, 0) is 25.1 Å². The molecule has 0 aromatic heterocycles. The number of guanidine groups is 1. The molecule has 0 aliphatic rings. The maximum atomic E-state index is 13.5. The molecular formula is C11H13BrFN3O. The average Bonchev–Trinajstić information content (AvgIpc) is 2.30. The quantitative estimate of drug-likeness (QED) is 0.528. The third-order valence-electron chi connectivity index (χ3n) is 2.25. The smallest absolute Gasteiger partial charge is 0.216 e. The van der Waals surface area contributed by atoms with Gasteiger partial charge in [0.25, 0.3) is 0 Å². The summed E-state index contributed by atoms with van der Waals surface area (Å²) < 4.78 is 14.3. The van der Waals surface area contributed by atoms with Crippen molar-refractivity contribution >= 4 is 28.3 Å². The highest BCUT2D eigenvalue weighted by Crippen LogP contribution is 2.23. The van der Waals surface area contributed by atoms with E-state index in [4.69, 9.17) is 5.73 Å². The summed E-state index contributed by atoms with van der Waals surface area (Å²) in [5, 5.41) is 0. The Kier molecular flexibility index (Phi) is 4.62. The average molecular weight is 302 g/mol. The highest BCUT2D eigenvalue weighted by atomic mass is 79.9. The molecular weight excluding hydrogens is 289 g/mol. The van der Waals surface area contributed by atoms with Gasteiger partial charge in [0.15, 0.2) is 5.96 Å². The Morgan fingerprint density at radius 2 is 2.29 bits per heavy atom. The number of hydrogen-bond acceptors (Lipinski definition) is 2. The Labute approximate surface area is 107 Å². The molecule has 0 heterocycles. The molecule has 0 aliphatic heterocycles. The fraction of sp³-hybridized carbons (Fsp3) is 0.273. The second-order valence-electron chi connectivity index (χ2n) is 3.55. The fourth-order valence-corrected chi connectivity index (χ4v) is 1.63. The van der Waals surface area contributed by atoms with Gasteiger partial charge in [-0.15, -0.1) is 0 Å². The van der Waals surface area contributed by atoms with E-state index in [1.54, 1.807) is 19.1 Å². The first kappa shape index (κ1) is 13.6. The number of amides is 1. The summed E-state index contributed by atoms with van der Waals surface area (Å²) in [7, 11) is 1.48. The van der Waals surface area contributed by atoms with Crippen LogP contribution < -0.4 is 5.73 Å². The van der Waals surface area contributed by atoms with Crippen molar-refractivity contribution in [3.8, 4) is 0 Å². The molecule has 0 bridgehead atoms. The largest absolute Gasteiger partial charge is 0.369 e. The van der Waals surface area contributed by atoms with Crippen molar-refractivity contribution in [1.29, 1.82) is 0 Å². The number of nitrogens with zero attached hydrogens (tertiary/aromatic N) is 2. The Morgan fingerprint density at radius 3 is 2.88 bits per heavy atom. The molecule has 1 aromatic carbocycles. The molecule has 1 amide bonds. The van der Waals surface area contributed by atoms with E-state index >= 15 is 0 Å². The van der Waals surface area contributed by atoms with E-state index in [-0.39, 0.29) is 11.8 Å². The standard InChI is InChI=1S/C11H13BrFN3O/c1-7(15-11(14)16(2)6-17)9-5-8(12)3-4-10(9)13/h3-7H,1-2H3,(H2,14,15). The van der Waals surface area contributed by atoms with E-state index < -0.39 is 6.04 Å². The summed E-state index contributed by atoms with van der Waals surface area (Å²) in [5.41, 5.74) is 5.98. The van der Waals surface area contributed by atoms with Crippen molar-refractivity contribution in [2.24, 2.45) is 10.7 Å². The molecule has 1 rings (SSSR count). The number of hydrogen-bond donors (Lipinski definition) is 1. The van der Waals surface area contributed by atoms with Gasteiger partial charge in [0, 0.05) is 17.1 Å². The fourth-order valence-electron chi connectivity index (χ4n) is 1.25. The number of nitrogens with two attached hydrogens (primary N) is 1. The van der Waals surface area contributed by atoms with Gasteiger partial charge in [0.1, 0.15) is 5.82 Å². The SMILES string of the molecule is CC(N=C(N)N(C)C=O)c1cc(Br)ccc1F. The lowest BCUT2D eigenvalue weighted by Gasteiger charge is -2.13. The number of halogens is 2. The number of benzene rings is 1. The van der Waals surface area contributed by atoms with Crippen LogP contribution in [0.25, 0.3) is 0 Å². The molecule has 0 radical (unpaired) electrons. The molecule has 1 unspecified atom stereocenters. The monoisotopic (exact) mass is 301 g/mol. The van der Waals surface area contributed by atoms with Crippen LogP contribution in [0.2, 0.25) is 0 Å². The van der Waals surface area contributed by atoms with Crippen molar-refractivity contribution in [3.63, 3.8) is 0 Å². The van der Waals surface area contributed by atoms with Crippen LogP contribution in [0.5, 0.6) is 0 Å². The minimum Gasteiger partial charge on any atom is -0.369 e. The van der Waals surface area contributed by atoms with Crippen LogP contribution in [0.3, 0.4) is 0 Å². The van der Waals surface area contributed by atoms with Gasteiger partial charge in [-0.1, -0.05) is 15.9 Å². The Hall–Kier alpha value is -1.43. The summed E-state index contributed by atoms with van der Waals surface area (Å²) in [6.07, 6.45) is 0.544. The third kappa shape index (κ3) is 3.52. The molecule has 2 N–H and O–H groups in total. The lowest BCUT2D eigenvalue weighted by Crippen LogP contribution is -2.33. The number of carbonyl (C=O) groups excluding carboxylic acids is 1. The van der Waals surface area contributed by atoms with Crippen molar-refractivity contribution in [1.82, 2.24) is 4.90 Å². The predicted octanol–water partition coefficient (Wildman–Crippen LogP) is 2.05. The highest BCUT2D eigenvalue weighted by molar-refractivity contribution is 9.10. The van der Waals surface area contributed by atoms with Gasteiger partial charge in [0.05, 0.1) is 6.04 Å². The van der Waals surface area contributed by atoms with E-state index in [9.17, 15) is 9.18 Å². The first-order valence-electron chi connectivity index (χ1n) is 4.92. The topological polar surface area (TPSA) is 58.7 Å². The number of aliphatic imine (C=N–C) groups is 1. The summed E-state index contributed by atoms with van der Waals surface area (Å²) in [5.74, 6) is -0.308. The summed E-state index contributed by atoms with van der Waals surface area (Å²) >= 11 is 3.26. The lowest BCUT2D eigenvalue weighted by molar-refractivity contribution is -0.114. The maximum absolute atomic E-state index is 13.5. The van der Waals surface area contributed by atoms with Crippen LogP contribution >= 0.6 is 15.9 Å². The van der Waals surface area contributed by atoms with Crippen molar-refractivity contribution < 1.29 is 9.18 Å². The zero-order chi connectivity index (χ0) is 13.0. The van der Waals surface area contributed by atoms with Crippen LogP contribution in [0.4, 0.5) is 4.39 Å².